The molecule has 2 N–H and O–H groups in total. The Bertz CT molecular complexity index is 890. The third-order valence-corrected chi connectivity index (χ3v) is 4.82. The van der Waals surface area contributed by atoms with E-state index in [1.165, 1.54) is 5.56 Å². The highest BCUT2D eigenvalue weighted by Crippen LogP contribution is 2.26. The zero-order valence-electron chi connectivity index (χ0n) is 14.2. The van der Waals surface area contributed by atoms with Crippen LogP contribution in [-0.4, -0.2) is 11.1 Å². The lowest BCUT2D eigenvalue weighted by Crippen LogP contribution is -2.12. The Morgan fingerprint density at radius 3 is 2.46 bits per heavy atom. The molecule has 0 saturated heterocycles. The van der Waals surface area contributed by atoms with Gasteiger partial charge in [0.1, 0.15) is 11.5 Å². The smallest absolute Gasteiger partial charge is 0.335 e. The van der Waals surface area contributed by atoms with Crippen LogP contribution in [0.15, 0.2) is 63.5 Å². The van der Waals surface area contributed by atoms with Crippen molar-refractivity contribution in [3.8, 4) is 11.3 Å². The SMILES string of the molecule is Cc1cc(-c2ccc(CNCc3ccc(C(=O)O)cc3)o2)ccc1Br.Cl. The normalized spacial score (nSPS) is 10.4. The Kier molecular flexibility index (Phi) is 7.03. The molecule has 0 aliphatic rings. The van der Waals surface area contributed by atoms with Crippen LogP contribution in [0, 0.1) is 6.92 Å². The molecule has 0 aliphatic heterocycles. The number of carboxylic acid groups (broad SMARTS) is 1. The number of carbonyl (C=O) groups is 1. The molecular weight excluding hydrogens is 418 g/mol. The minimum atomic E-state index is -0.911. The standard InChI is InChI=1S/C20H18BrNO3.ClH/c1-13-10-16(6-8-18(13)21)19-9-7-17(25-19)12-22-11-14-2-4-15(5-3-14)20(23)24;/h2-10,22H,11-12H2,1H3,(H,23,24);1H. The molecular formula is C20H19BrClNO3. The summed E-state index contributed by atoms with van der Waals surface area (Å²) in [5, 5.41) is 12.2. The summed E-state index contributed by atoms with van der Waals surface area (Å²) in [6.07, 6.45) is 0. The molecule has 0 unspecified atom stereocenters. The van der Waals surface area contributed by atoms with Gasteiger partial charge >= 0.3 is 5.97 Å². The largest absolute Gasteiger partial charge is 0.478 e. The molecule has 0 bridgehead atoms. The summed E-state index contributed by atoms with van der Waals surface area (Å²) >= 11 is 3.50. The van der Waals surface area contributed by atoms with E-state index in [2.05, 4.69) is 34.2 Å². The van der Waals surface area contributed by atoms with Crippen LogP contribution in [0.5, 0.6) is 0 Å². The van der Waals surface area contributed by atoms with Crippen LogP contribution in [-0.2, 0) is 13.1 Å². The Morgan fingerprint density at radius 1 is 1.08 bits per heavy atom. The lowest BCUT2D eigenvalue weighted by atomic mass is 10.1. The third-order valence-electron chi connectivity index (χ3n) is 3.93. The van der Waals surface area contributed by atoms with E-state index in [0.29, 0.717) is 18.7 Å². The number of aryl methyl sites for hydroxylation is 1. The topological polar surface area (TPSA) is 62.5 Å². The molecule has 0 atom stereocenters. The van der Waals surface area contributed by atoms with Crippen LogP contribution < -0.4 is 5.32 Å². The molecule has 1 aromatic heterocycles. The van der Waals surface area contributed by atoms with Crippen LogP contribution in [0.1, 0.15) is 27.2 Å². The number of nitrogens with one attached hydrogen (secondary N) is 1. The first-order chi connectivity index (χ1) is 12.0. The van der Waals surface area contributed by atoms with Crippen molar-refractivity contribution in [3.63, 3.8) is 0 Å². The quantitative estimate of drug-likeness (QED) is 0.541. The van der Waals surface area contributed by atoms with Crippen LogP contribution in [0.25, 0.3) is 11.3 Å². The summed E-state index contributed by atoms with van der Waals surface area (Å²) in [6.45, 7) is 3.30. The number of hydrogen-bond acceptors (Lipinski definition) is 3. The number of carboxylic acids is 1. The third kappa shape index (κ3) is 4.97. The van der Waals surface area contributed by atoms with E-state index < -0.39 is 5.97 Å². The lowest BCUT2D eigenvalue weighted by molar-refractivity contribution is 0.0697. The molecule has 26 heavy (non-hydrogen) atoms. The fraction of sp³-hybridized carbons (Fsp3) is 0.150. The van der Waals surface area contributed by atoms with E-state index in [-0.39, 0.29) is 12.4 Å². The molecule has 1 heterocycles. The Labute approximate surface area is 166 Å². The van der Waals surface area contributed by atoms with E-state index in [4.69, 9.17) is 9.52 Å². The number of rotatable bonds is 6. The highest BCUT2D eigenvalue weighted by molar-refractivity contribution is 9.10. The molecule has 0 amide bonds. The van der Waals surface area contributed by atoms with Crippen LogP contribution in [0.3, 0.4) is 0 Å². The van der Waals surface area contributed by atoms with Crippen molar-refractivity contribution in [2.75, 3.05) is 0 Å². The van der Waals surface area contributed by atoms with Gasteiger partial charge in [0, 0.05) is 16.6 Å². The van der Waals surface area contributed by atoms with Gasteiger partial charge in [-0.1, -0.05) is 34.1 Å². The van der Waals surface area contributed by atoms with Gasteiger partial charge in [0.2, 0.25) is 0 Å². The van der Waals surface area contributed by atoms with Crippen molar-refractivity contribution in [2.24, 2.45) is 0 Å². The Hall–Kier alpha value is -2.08. The molecule has 0 fully saturated rings. The molecule has 3 rings (SSSR count). The van der Waals surface area contributed by atoms with Crippen molar-refractivity contribution >= 4 is 34.3 Å². The monoisotopic (exact) mass is 435 g/mol. The lowest BCUT2D eigenvalue weighted by Gasteiger charge is -2.04. The molecule has 0 radical (unpaired) electrons. The predicted octanol–water partition coefficient (Wildman–Crippen LogP) is 5.43. The van der Waals surface area contributed by atoms with E-state index in [1.54, 1.807) is 12.1 Å². The molecule has 2 aromatic carbocycles. The summed E-state index contributed by atoms with van der Waals surface area (Å²) < 4.78 is 6.98. The minimum Gasteiger partial charge on any atom is -0.478 e. The molecule has 0 spiro atoms. The number of aromatic carboxylic acids is 1. The average Bonchev–Trinajstić information content (AvgIpc) is 3.07. The molecule has 3 aromatic rings. The van der Waals surface area contributed by atoms with E-state index in [9.17, 15) is 4.79 Å². The Morgan fingerprint density at radius 2 is 1.81 bits per heavy atom. The molecule has 0 aliphatic carbocycles. The van der Waals surface area contributed by atoms with Gasteiger partial charge in [-0.3, -0.25) is 0 Å². The van der Waals surface area contributed by atoms with E-state index in [1.807, 2.05) is 36.4 Å². The highest BCUT2D eigenvalue weighted by Gasteiger charge is 2.07. The zero-order valence-corrected chi connectivity index (χ0v) is 16.6. The first-order valence-electron chi connectivity index (χ1n) is 7.91. The van der Waals surface area contributed by atoms with E-state index >= 15 is 0 Å². The second-order valence-electron chi connectivity index (χ2n) is 5.84. The highest BCUT2D eigenvalue weighted by atomic mass is 79.9. The second-order valence-corrected chi connectivity index (χ2v) is 6.69. The maximum atomic E-state index is 10.8. The predicted molar refractivity (Wildman–Crippen MR) is 108 cm³/mol. The number of furan rings is 1. The Balaban J connectivity index is 0.00000243. The first-order valence-corrected chi connectivity index (χ1v) is 8.70. The number of benzene rings is 2. The van der Waals surface area contributed by atoms with Gasteiger partial charge in [-0.15, -0.1) is 12.4 Å². The number of halogens is 2. The van der Waals surface area contributed by atoms with Crippen molar-refractivity contribution in [1.29, 1.82) is 0 Å². The van der Waals surface area contributed by atoms with Gasteiger partial charge in [0.15, 0.2) is 0 Å². The van der Waals surface area contributed by atoms with Gasteiger partial charge in [0.25, 0.3) is 0 Å². The second kappa shape index (κ2) is 9.03. The summed E-state index contributed by atoms with van der Waals surface area (Å²) in [6, 6.07) is 16.9. The van der Waals surface area contributed by atoms with Crippen LogP contribution >= 0.6 is 28.3 Å². The molecule has 0 saturated carbocycles. The number of hydrogen-bond donors (Lipinski definition) is 2. The van der Waals surface area contributed by atoms with Gasteiger partial charge in [-0.05, 0) is 54.4 Å². The fourth-order valence-electron chi connectivity index (χ4n) is 2.52. The first kappa shape index (κ1) is 20.2. The molecule has 4 nitrogen and oxygen atoms in total. The molecule has 6 heteroatoms. The van der Waals surface area contributed by atoms with E-state index in [0.717, 1.165) is 27.1 Å². The minimum absolute atomic E-state index is 0. The summed E-state index contributed by atoms with van der Waals surface area (Å²) in [5.41, 5.74) is 3.54. The fourth-order valence-corrected chi connectivity index (χ4v) is 2.77. The average molecular weight is 437 g/mol. The van der Waals surface area contributed by atoms with Crippen LogP contribution in [0.4, 0.5) is 0 Å². The van der Waals surface area contributed by atoms with Crippen molar-refractivity contribution in [1.82, 2.24) is 5.32 Å². The summed E-state index contributed by atoms with van der Waals surface area (Å²) in [5.74, 6) is 0.793. The maximum absolute atomic E-state index is 10.8. The van der Waals surface area contributed by atoms with Crippen LogP contribution in [0.2, 0.25) is 0 Å². The van der Waals surface area contributed by atoms with Crippen molar-refractivity contribution in [2.45, 2.75) is 20.0 Å². The van der Waals surface area contributed by atoms with Crippen molar-refractivity contribution in [3.05, 3.63) is 81.5 Å². The summed E-state index contributed by atoms with van der Waals surface area (Å²) in [7, 11) is 0. The van der Waals surface area contributed by atoms with Crippen molar-refractivity contribution < 1.29 is 14.3 Å². The van der Waals surface area contributed by atoms with Gasteiger partial charge in [0.05, 0.1) is 12.1 Å². The van der Waals surface area contributed by atoms with Gasteiger partial charge < -0.3 is 14.8 Å². The zero-order chi connectivity index (χ0) is 17.8. The summed E-state index contributed by atoms with van der Waals surface area (Å²) in [4.78, 5) is 10.8. The van der Waals surface area contributed by atoms with Gasteiger partial charge in [-0.2, -0.15) is 0 Å². The maximum Gasteiger partial charge on any atom is 0.335 e. The molecule has 136 valence electrons. The van der Waals surface area contributed by atoms with Gasteiger partial charge in [-0.25, -0.2) is 4.79 Å².